The highest BCUT2D eigenvalue weighted by Crippen LogP contribution is 2.26. The first kappa shape index (κ1) is 16.9. The summed E-state index contributed by atoms with van der Waals surface area (Å²) in [6, 6.07) is 6.77. The van der Waals surface area contributed by atoms with E-state index in [0.29, 0.717) is 18.0 Å². The molecule has 1 atom stereocenters. The number of hydrogen-bond donors (Lipinski definition) is 1. The second-order valence-electron chi connectivity index (χ2n) is 6.17. The van der Waals surface area contributed by atoms with Crippen molar-refractivity contribution in [3.8, 4) is 0 Å². The van der Waals surface area contributed by atoms with E-state index in [1.807, 2.05) is 17.9 Å². The minimum absolute atomic E-state index is 0.125. The molecule has 0 saturated carbocycles. The Kier molecular flexibility index (Phi) is 4.97. The molecular formula is C17H22N6O2. The van der Waals surface area contributed by atoms with Crippen molar-refractivity contribution < 1.29 is 4.92 Å². The lowest BCUT2D eigenvalue weighted by Crippen LogP contribution is -2.39. The van der Waals surface area contributed by atoms with Crippen molar-refractivity contribution in [3.05, 3.63) is 57.9 Å². The molecule has 1 fully saturated rings. The van der Waals surface area contributed by atoms with Crippen LogP contribution in [0.15, 0.2) is 41.7 Å². The van der Waals surface area contributed by atoms with Crippen molar-refractivity contribution in [3.63, 3.8) is 0 Å². The van der Waals surface area contributed by atoms with Gasteiger partial charge in [0.05, 0.1) is 11.1 Å². The van der Waals surface area contributed by atoms with Gasteiger partial charge in [0.1, 0.15) is 0 Å². The van der Waals surface area contributed by atoms with Gasteiger partial charge in [0.2, 0.25) is 0 Å². The lowest BCUT2D eigenvalue weighted by molar-refractivity contribution is -0.385. The lowest BCUT2D eigenvalue weighted by atomic mass is 10.0. The fourth-order valence-corrected chi connectivity index (χ4v) is 3.22. The molecule has 1 aliphatic rings. The van der Waals surface area contributed by atoms with Gasteiger partial charge in [-0.1, -0.05) is 18.2 Å². The van der Waals surface area contributed by atoms with E-state index in [9.17, 15) is 10.1 Å². The van der Waals surface area contributed by atoms with E-state index < -0.39 is 0 Å². The second kappa shape index (κ2) is 7.33. The van der Waals surface area contributed by atoms with Crippen molar-refractivity contribution in [2.24, 2.45) is 12.0 Å². The van der Waals surface area contributed by atoms with Crippen LogP contribution in [0.2, 0.25) is 0 Å². The number of likely N-dealkylation sites (tertiary alicyclic amines) is 1. The molecule has 1 aromatic heterocycles. The Morgan fingerprint density at radius 2 is 2.28 bits per heavy atom. The van der Waals surface area contributed by atoms with Crippen molar-refractivity contribution in [2.75, 3.05) is 20.1 Å². The summed E-state index contributed by atoms with van der Waals surface area (Å²) >= 11 is 0. The number of nitro groups is 1. The summed E-state index contributed by atoms with van der Waals surface area (Å²) in [4.78, 5) is 17.3. The quantitative estimate of drug-likeness (QED) is 0.397. The third kappa shape index (κ3) is 3.78. The van der Waals surface area contributed by atoms with Crippen LogP contribution in [0.25, 0.3) is 0 Å². The van der Waals surface area contributed by atoms with E-state index in [-0.39, 0.29) is 10.6 Å². The predicted molar refractivity (Wildman–Crippen MR) is 95.4 cm³/mol. The molecule has 1 aromatic carbocycles. The molecule has 0 radical (unpaired) electrons. The Labute approximate surface area is 146 Å². The highest BCUT2D eigenvalue weighted by atomic mass is 16.6. The van der Waals surface area contributed by atoms with Crippen molar-refractivity contribution >= 4 is 11.6 Å². The minimum Gasteiger partial charge on any atom is -0.352 e. The molecule has 1 saturated heterocycles. The number of benzene rings is 1. The molecule has 1 aliphatic heterocycles. The topological polar surface area (TPSA) is 88.6 Å². The molecule has 132 valence electrons. The highest BCUT2D eigenvalue weighted by Gasteiger charge is 2.27. The summed E-state index contributed by atoms with van der Waals surface area (Å²) in [6.45, 7) is 2.14. The molecular weight excluding hydrogens is 320 g/mol. The fraction of sp³-hybridized carbons (Fsp3) is 0.412. The lowest BCUT2D eigenvalue weighted by Gasteiger charge is -2.21. The predicted octanol–water partition coefficient (Wildman–Crippen LogP) is 1.89. The molecule has 1 unspecified atom stereocenters. The van der Waals surface area contributed by atoms with E-state index in [0.717, 1.165) is 25.5 Å². The van der Waals surface area contributed by atoms with Gasteiger partial charge in [-0.25, -0.2) is 0 Å². The first-order valence-corrected chi connectivity index (χ1v) is 8.25. The number of nitrogens with one attached hydrogen (secondary N) is 1. The van der Waals surface area contributed by atoms with Crippen LogP contribution in [0.3, 0.4) is 0 Å². The minimum atomic E-state index is -0.353. The second-order valence-corrected chi connectivity index (χ2v) is 6.17. The van der Waals surface area contributed by atoms with Crippen molar-refractivity contribution in [1.29, 1.82) is 0 Å². The average molecular weight is 342 g/mol. The van der Waals surface area contributed by atoms with Crippen molar-refractivity contribution in [1.82, 2.24) is 20.0 Å². The third-order valence-electron chi connectivity index (χ3n) is 4.52. The zero-order valence-electron chi connectivity index (χ0n) is 14.4. The maximum Gasteiger partial charge on any atom is 0.274 e. The van der Waals surface area contributed by atoms with Gasteiger partial charge in [-0.15, -0.1) is 0 Å². The van der Waals surface area contributed by atoms with E-state index >= 15 is 0 Å². The number of nitro benzene ring substituents is 1. The number of aromatic nitrogens is 2. The molecule has 3 rings (SSSR count). The van der Waals surface area contributed by atoms with Gasteiger partial charge in [0.25, 0.3) is 5.69 Å². The monoisotopic (exact) mass is 342 g/mol. The summed E-state index contributed by atoms with van der Waals surface area (Å²) in [5, 5.41) is 18.6. The van der Waals surface area contributed by atoms with Crippen LogP contribution in [0.1, 0.15) is 23.5 Å². The first-order chi connectivity index (χ1) is 12.1. The number of guanidine groups is 1. The molecule has 0 bridgehead atoms. The zero-order chi connectivity index (χ0) is 17.8. The fourth-order valence-electron chi connectivity index (χ4n) is 3.22. The smallest absolute Gasteiger partial charge is 0.274 e. The molecule has 8 nitrogen and oxygen atoms in total. The van der Waals surface area contributed by atoms with Gasteiger partial charge in [-0.05, 0) is 12.0 Å². The first-order valence-electron chi connectivity index (χ1n) is 8.25. The molecule has 2 heterocycles. The van der Waals surface area contributed by atoms with E-state index in [2.05, 4.69) is 26.5 Å². The van der Waals surface area contributed by atoms with Crippen LogP contribution in [-0.4, -0.2) is 45.7 Å². The van der Waals surface area contributed by atoms with Gasteiger partial charge in [-0.2, -0.15) is 5.10 Å². The number of para-hydroxylation sites is 1. The maximum absolute atomic E-state index is 11.1. The van der Waals surface area contributed by atoms with Crippen molar-refractivity contribution in [2.45, 2.75) is 18.9 Å². The Hall–Kier alpha value is -2.90. The van der Waals surface area contributed by atoms with Gasteiger partial charge < -0.3 is 10.2 Å². The number of rotatable bonds is 4. The van der Waals surface area contributed by atoms with Crippen LogP contribution in [0.4, 0.5) is 5.69 Å². The van der Waals surface area contributed by atoms with E-state index in [4.69, 9.17) is 0 Å². The summed E-state index contributed by atoms with van der Waals surface area (Å²) in [7, 11) is 3.66. The van der Waals surface area contributed by atoms with Crippen LogP contribution >= 0.6 is 0 Å². The SMILES string of the molecule is CN=C(NCc1ccccc1[N+](=O)[O-])N1CCC(c2cnn(C)c2)C1. The molecule has 0 aliphatic carbocycles. The van der Waals surface area contributed by atoms with Gasteiger partial charge in [0.15, 0.2) is 5.96 Å². The normalized spacial score (nSPS) is 17.8. The molecule has 0 amide bonds. The number of hydrogen-bond acceptors (Lipinski definition) is 4. The number of nitrogens with zero attached hydrogens (tertiary/aromatic N) is 5. The summed E-state index contributed by atoms with van der Waals surface area (Å²) < 4.78 is 1.82. The largest absolute Gasteiger partial charge is 0.352 e. The van der Waals surface area contributed by atoms with Gasteiger partial charge in [-0.3, -0.25) is 19.8 Å². The van der Waals surface area contributed by atoms with E-state index in [1.165, 1.54) is 11.6 Å². The van der Waals surface area contributed by atoms with Crippen LogP contribution in [-0.2, 0) is 13.6 Å². The maximum atomic E-state index is 11.1. The standard InChI is InChI=1S/C17H22N6O2/c1-18-17(19-9-13-5-3-4-6-16(13)23(24)25)22-8-7-14(12-22)15-10-20-21(2)11-15/h3-6,10-11,14H,7-9,12H2,1-2H3,(H,18,19). The van der Waals surface area contributed by atoms with E-state index in [1.54, 1.807) is 25.2 Å². The Morgan fingerprint density at radius 1 is 1.48 bits per heavy atom. The summed E-state index contributed by atoms with van der Waals surface area (Å²) in [5.74, 6) is 1.20. The average Bonchev–Trinajstić information content (AvgIpc) is 3.25. The number of aryl methyl sites for hydroxylation is 1. The van der Waals surface area contributed by atoms with Crippen LogP contribution in [0.5, 0.6) is 0 Å². The molecule has 8 heteroatoms. The Morgan fingerprint density at radius 3 is 2.96 bits per heavy atom. The van der Waals surface area contributed by atoms with Crippen LogP contribution < -0.4 is 5.32 Å². The molecule has 1 N–H and O–H groups in total. The van der Waals surface area contributed by atoms with Gasteiger partial charge in [0, 0.05) is 57.5 Å². The summed E-state index contributed by atoms with van der Waals surface area (Å²) in [6.07, 6.45) is 5.01. The molecule has 2 aromatic rings. The molecule has 25 heavy (non-hydrogen) atoms. The zero-order valence-corrected chi connectivity index (χ0v) is 14.4. The Bertz CT molecular complexity index is 785. The number of aliphatic imine (C=N–C) groups is 1. The third-order valence-corrected chi connectivity index (χ3v) is 4.52. The Balaban J connectivity index is 1.63. The summed E-state index contributed by atoms with van der Waals surface area (Å²) in [5.41, 5.74) is 2.01. The van der Waals surface area contributed by atoms with Gasteiger partial charge >= 0.3 is 0 Å². The highest BCUT2D eigenvalue weighted by molar-refractivity contribution is 5.80. The molecule has 0 spiro atoms. The van der Waals surface area contributed by atoms with Crippen LogP contribution in [0, 0.1) is 10.1 Å².